The second kappa shape index (κ2) is 6.47. The number of hydrogen-bond acceptors (Lipinski definition) is 4. The molecule has 0 unspecified atom stereocenters. The zero-order chi connectivity index (χ0) is 16.3. The molecule has 1 heterocycles. The van der Waals surface area contributed by atoms with Crippen LogP contribution in [0.3, 0.4) is 0 Å². The lowest BCUT2D eigenvalue weighted by atomic mass is 9.99. The highest BCUT2D eigenvalue weighted by molar-refractivity contribution is 5.69. The van der Waals surface area contributed by atoms with Crippen LogP contribution in [0.5, 0.6) is 0 Å². The predicted molar refractivity (Wildman–Crippen MR) is 81.1 cm³/mol. The molecule has 0 saturated carbocycles. The van der Waals surface area contributed by atoms with E-state index in [1.165, 1.54) is 0 Å². The Morgan fingerprint density at radius 3 is 2.48 bits per heavy atom. The van der Waals surface area contributed by atoms with Crippen molar-refractivity contribution in [3.63, 3.8) is 0 Å². The first-order chi connectivity index (χ1) is 9.59. The van der Waals surface area contributed by atoms with E-state index in [0.717, 1.165) is 5.69 Å². The maximum absolute atomic E-state index is 12.3. The van der Waals surface area contributed by atoms with Crippen LogP contribution in [0.2, 0.25) is 0 Å². The number of methoxy groups -OCH3 is 1. The number of ether oxygens (including phenoxy) is 2. The van der Waals surface area contributed by atoms with Gasteiger partial charge in [-0.1, -0.05) is 0 Å². The van der Waals surface area contributed by atoms with E-state index in [0.29, 0.717) is 13.2 Å². The van der Waals surface area contributed by atoms with Gasteiger partial charge in [-0.15, -0.1) is 0 Å². The lowest BCUT2D eigenvalue weighted by Gasteiger charge is -2.37. The molecule has 0 saturated heterocycles. The zero-order valence-electron chi connectivity index (χ0n) is 14.1. The minimum absolute atomic E-state index is 0.355. The molecule has 120 valence electrons. The van der Waals surface area contributed by atoms with Crippen molar-refractivity contribution in [2.75, 3.05) is 20.8 Å². The topological polar surface area (TPSA) is 56.6 Å². The van der Waals surface area contributed by atoms with Crippen molar-refractivity contribution in [3.05, 3.63) is 18.2 Å². The summed E-state index contributed by atoms with van der Waals surface area (Å²) in [4.78, 5) is 18.1. The first kappa shape index (κ1) is 17.5. The summed E-state index contributed by atoms with van der Waals surface area (Å²) in [5.41, 5.74) is -0.113. The van der Waals surface area contributed by atoms with Crippen molar-refractivity contribution in [2.45, 2.75) is 52.3 Å². The molecule has 0 aliphatic heterocycles. The summed E-state index contributed by atoms with van der Waals surface area (Å²) in [6.45, 7) is 10.8. The first-order valence-corrected chi connectivity index (χ1v) is 7.06. The Labute approximate surface area is 127 Å². The average Bonchev–Trinajstić information content (AvgIpc) is 2.82. The van der Waals surface area contributed by atoms with Crippen LogP contribution in [0.1, 0.15) is 40.3 Å². The molecule has 1 aromatic heterocycles. The molecule has 0 radical (unpaired) electrons. The number of rotatable bonds is 5. The average molecular weight is 297 g/mol. The second-order valence-corrected chi connectivity index (χ2v) is 6.56. The lowest BCUT2D eigenvalue weighted by molar-refractivity contribution is 0.00901. The van der Waals surface area contributed by atoms with E-state index in [4.69, 9.17) is 9.47 Å². The highest BCUT2D eigenvalue weighted by Gasteiger charge is 2.34. The first-order valence-electron chi connectivity index (χ1n) is 7.06. The number of aromatic nitrogens is 2. The molecule has 0 fully saturated rings. The zero-order valence-corrected chi connectivity index (χ0v) is 14.1. The van der Waals surface area contributed by atoms with E-state index in [2.05, 4.69) is 4.98 Å². The molecule has 0 N–H and O–H groups in total. The number of carbonyl (C=O) groups is 1. The number of nitrogens with zero attached hydrogens (tertiary/aromatic N) is 3. The van der Waals surface area contributed by atoms with Crippen molar-refractivity contribution in [3.8, 4) is 0 Å². The Kier molecular flexibility index (Phi) is 5.39. The fourth-order valence-electron chi connectivity index (χ4n) is 1.93. The van der Waals surface area contributed by atoms with E-state index < -0.39 is 11.1 Å². The second-order valence-electron chi connectivity index (χ2n) is 6.56. The van der Waals surface area contributed by atoms with Gasteiger partial charge >= 0.3 is 6.09 Å². The molecule has 21 heavy (non-hydrogen) atoms. The molecule has 0 aliphatic carbocycles. The van der Waals surface area contributed by atoms with Crippen molar-refractivity contribution < 1.29 is 14.3 Å². The number of carbonyl (C=O) groups excluding carboxylic acids is 1. The van der Waals surface area contributed by atoms with Gasteiger partial charge in [-0.2, -0.15) is 0 Å². The van der Waals surface area contributed by atoms with Gasteiger partial charge in [0.05, 0.1) is 30.4 Å². The Bertz CT molecular complexity index is 475. The van der Waals surface area contributed by atoms with Crippen LogP contribution < -0.4 is 0 Å². The maximum atomic E-state index is 12.3. The molecular weight excluding hydrogens is 270 g/mol. The van der Waals surface area contributed by atoms with Gasteiger partial charge in [-0.3, -0.25) is 0 Å². The van der Waals surface area contributed by atoms with Crippen LogP contribution in [-0.2, 0) is 21.6 Å². The van der Waals surface area contributed by atoms with Gasteiger partial charge in [0.25, 0.3) is 0 Å². The van der Waals surface area contributed by atoms with Gasteiger partial charge in [0.1, 0.15) is 5.60 Å². The van der Waals surface area contributed by atoms with Crippen molar-refractivity contribution in [2.24, 2.45) is 0 Å². The van der Waals surface area contributed by atoms with Gasteiger partial charge in [-0.25, -0.2) is 9.78 Å². The number of amides is 1. The predicted octanol–water partition coefficient (Wildman–Crippen LogP) is 2.63. The third-order valence-electron chi connectivity index (χ3n) is 3.38. The molecule has 0 bridgehead atoms. The summed E-state index contributed by atoms with van der Waals surface area (Å²) < 4.78 is 12.5. The minimum atomic E-state index is -0.535. The van der Waals surface area contributed by atoms with Crippen LogP contribution in [-0.4, -0.2) is 46.9 Å². The quantitative estimate of drug-likeness (QED) is 0.838. The summed E-state index contributed by atoms with van der Waals surface area (Å²) in [7, 11) is 3.40. The molecule has 1 aromatic rings. The Balaban J connectivity index is 2.94. The summed E-state index contributed by atoms with van der Waals surface area (Å²) in [6.07, 6.45) is 3.17. The Morgan fingerprint density at radius 2 is 1.95 bits per heavy atom. The van der Waals surface area contributed by atoms with Gasteiger partial charge in [0.2, 0.25) is 0 Å². The maximum Gasteiger partial charge on any atom is 0.410 e. The van der Waals surface area contributed by atoms with E-state index in [1.807, 2.05) is 39.2 Å². The van der Waals surface area contributed by atoms with E-state index in [1.54, 1.807) is 31.6 Å². The Morgan fingerprint density at radius 1 is 1.33 bits per heavy atom. The Hall–Kier alpha value is -1.56. The lowest BCUT2D eigenvalue weighted by Crippen LogP contribution is -2.46. The molecule has 0 atom stereocenters. The van der Waals surface area contributed by atoms with Crippen molar-refractivity contribution in [1.29, 1.82) is 0 Å². The van der Waals surface area contributed by atoms with Gasteiger partial charge < -0.3 is 18.9 Å². The van der Waals surface area contributed by atoms with Gasteiger partial charge in [0.15, 0.2) is 0 Å². The van der Waals surface area contributed by atoms with Crippen LogP contribution in [0.25, 0.3) is 0 Å². The monoisotopic (exact) mass is 297 g/mol. The molecule has 0 aromatic carbocycles. The van der Waals surface area contributed by atoms with Crippen LogP contribution in [0, 0.1) is 0 Å². The number of imidazole rings is 1. The van der Waals surface area contributed by atoms with Crippen LogP contribution in [0.15, 0.2) is 12.5 Å². The largest absolute Gasteiger partial charge is 0.444 e. The SMILES string of the molecule is COCCn1cncc1C(C)(C)N(C)C(=O)OC(C)(C)C. The van der Waals surface area contributed by atoms with Crippen LogP contribution >= 0.6 is 0 Å². The van der Waals surface area contributed by atoms with Gasteiger partial charge in [-0.05, 0) is 34.6 Å². The van der Waals surface area contributed by atoms with Crippen LogP contribution in [0.4, 0.5) is 4.79 Å². The smallest absolute Gasteiger partial charge is 0.410 e. The minimum Gasteiger partial charge on any atom is -0.444 e. The molecule has 1 amide bonds. The summed E-state index contributed by atoms with van der Waals surface area (Å²) in [5.74, 6) is 0. The summed E-state index contributed by atoms with van der Waals surface area (Å²) >= 11 is 0. The van der Waals surface area contributed by atoms with Crippen molar-refractivity contribution in [1.82, 2.24) is 14.5 Å². The highest BCUT2D eigenvalue weighted by atomic mass is 16.6. The third kappa shape index (κ3) is 4.46. The molecule has 6 nitrogen and oxygen atoms in total. The number of hydrogen-bond donors (Lipinski definition) is 0. The fourth-order valence-corrected chi connectivity index (χ4v) is 1.93. The molecule has 0 spiro atoms. The van der Waals surface area contributed by atoms with Crippen molar-refractivity contribution >= 4 is 6.09 Å². The van der Waals surface area contributed by atoms with E-state index in [9.17, 15) is 4.79 Å². The normalized spacial score (nSPS) is 12.3. The van der Waals surface area contributed by atoms with E-state index in [-0.39, 0.29) is 6.09 Å². The fraction of sp³-hybridized carbons (Fsp3) is 0.733. The standard InChI is InChI=1S/C15H27N3O3/c1-14(2,3)21-13(19)17(6)15(4,5)12-10-16-11-18(12)8-9-20-7/h10-11H,8-9H2,1-7H3. The summed E-state index contributed by atoms with van der Waals surface area (Å²) in [5, 5.41) is 0. The molecule has 6 heteroatoms. The highest BCUT2D eigenvalue weighted by Crippen LogP contribution is 2.27. The molecule has 1 rings (SSSR count). The third-order valence-corrected chi connectivity index (χ3v) is 3.38. The molecule has 0 aliphatic rings. The molecular formula is C15H27N3O3. The summed E-state index contributed by atoms with van der Waals surface area (Å²) in [6, 6.07) is 0. The van der Waals surface area contributed by atoms with E-state index >= 15 is 0 Å². The van der Waals surface area contributed by atoms with Gasteiger partial charge in [0, 0.05) is 20.7 Å².